The van der Waals surface area contributed by atoms with Gasteiger partial charge < -0.3 is 9.80 Å². The maximum atomic E-state index is 12.8. The monoisotopic (exact) mass is 418 g/mol. The summed E-state index contributed by atoms with van der Waals surface area (Å²) in [5, 5.41) is 1.02. The Morgan fingerprint density at radius 1 is 1.12 bits per heavy atom. The second kappa shape index (κ2) is 11.2. The summed E-state index contributed by atoms with van der Waals surface area (Å²) in [6.45, 7) is 3.93. The number of hydrogen-bond acceptors (Lipinski definition) is 2. The van der Waals surface area contributed by atoms with Crippen LogP contribution in [0.5, 0.6) is 0 Å². The molecule has 0 radical (unpaired) electrons. The second-order valence-electron chi connectivity index (χ2n) is 7.26. The van der Waals surface area contributed by atoms with Gasteiger partial charge in [0.1, 0.15) is 0 Å². The molecule has 3 nitrogen and oxygen atoms in total. The maximum Gasteiger partial charge on any atom is 0.246 e. The molecule has 6 heteroatoms. The molecule has 0 N–H and O–H groups in total. The van der Waals surface area contributed by atoms with Crippen LogP contribution in [0.25, 0.3) is 6.08 Å². The zero-order valence-electron chi connectivity index (χ0n) is 15.8. The van der Waals surface area contributed by atoms with E-state index in [2.05, 4.69) is 11.8 Å². The van der Waals surface area contributed by atoms with Crippen molar-refractivity contribution < 1.29 is 4.79 Å². The highest BCUT2D eigenvalue weighted by Gasteiger charge is 2.26. The number of halogens is 3. The van der Waals surface area contributed by atoms with Crippen molar-refractivity contribution in [2.75, 3.05) is 27.2 Å². The molecule has 0 heterocycles. The fraction of sp³-hybridized carbons (Fsp3) is 0.550. The molecule has 0 spiro atoms. The van der Waals surface area contributed by atoms with Gasteiger partial charge in [-0.3, -0.25) is 4.79 Å². The summed E-state index contributed by atoms with van der Waals surface area (Å²) < 4.78 is 0. The summed E-state index contributed by atoms with van der Waals surface area (Å²) in [6, 6.07) is 5.74. The Labute approximate surface area is 173 Å². The number of likely N-dealkylation sites (N-methyl/N-ethyl adjacent to an activating group) is 1. The van der Waals surface area contributed by atoms with Crippen molar-refractivity contribution in [1.82, 2.24) is 9.80 Å². The molecule has 0 saturated heterocycles. The fourth-order valence-corrected chi connectivity index (χ4v) is 3.52. The van der Waals surface area contributed by atoms with Crippen molar-refractivity contribution in [3.05, 3.63) is 39.9 Å². The molecular formula is C20H29Cl3N2O. The number of carbonyl (C=O) groups is 1. The van der Waals surface area contributed by atoms with Crippen LogP contribution in [0, 0.1) is 5.92 Å². The van der Waals surface area contributed by atoms with Gasteiger partial charge in [0.25, 0.3) is 0 Å². The van der Waals surface area contributed by atoms with Crippen molar-refractivity contribution in [2.24, 2.45) is 5.92 Å². The molecule has 146 valence electrons. The van der Waals surface area contributed by atoms with Crippen LogP contribution in [0.4, 0.5) is 0 Å². The highest BCUT2D eigenvalue weighted by Crippen LogP contribution is 2.27. The van der Waals surface area contributed by atoms with E-state index in [1.807, 2.05) is 31.1 Å². The third kappa shape index (κ3) is 7.11. The zero-order valence-corrected chi connectivity index (χ0v) is 18.1. The normalized spacial score (nSPS) is 20.2. The van der Waals surface area contributed by atoms with Crippen LogP contribution >= 0.6 is 35.6 Å². The minimum absolute atomic E-state index is 0. The third-order valence-corrected chi connectivity index (χ3v) is 5.60. The molecule has 0 aliphatic heterocycles. The van der Waals surface area contributed by atoms with Gasteiger partial charge in [0.05, 0.1) is 10.0 Å². The average Bonchev–Trinajstić information content (AvgIpc) is 2.57. The lowest BCUT2D eigenvalue weighted by Crippen LogP contribution is -2.44. The van der Waals surface area contributed by atoms with Gasteiger partial charge in [-0.2, -0.15) is 0 Å². The van der Waals surface area contributed by atoms with Crippen LogP contribution in [-0.2, 0) is 4.79 Å². The van der Waals surface area contributed by atoms with Gasteiger partial charge in [0.2, 0.25) is 5.91 Å². The highest BCUT2D eigenvalue weighted by molar-refractivity contribution is 6.42. The number of rotatable bonds is 6. The van der Waals surface area contributed by atoms with Crippen LogP contribution in [0.1, 0.15) is 38.2 Å². The highest BCUT2D eigenvalue weighted by atomic mass is 35.5. The molecule has 1 saturated carbocycles. The van der Waals surface area contributed by atoms with Crippen molar-refractivity contribution in [3.63, 3.8) is 0 Å². The molecule has 1 amide bonds. The molecule has 0 unspecified atom stereocenters. The lowest BCUT2D eigenvalue weighted by Gasteiger charge is -2.36. The van der Waals surface area contributed by atoms with Gasteiger partial charge in [0, 0.05) is 25.2 Å². The van der Waals surface area contributed by atoms with E-state index < -0.39 is 0 Å². The molecule has 2 rings (SSSR count). The van der Waals surface area contributed by atoms with E-state index in [-0.39, 0.29) is 18.3 Å². The summed E-state index contributed by atoms with van der Waals surface area (Å²) in [7, 11) is 4.08. The second-order valence-corrected chi connectivity index (χ2v) is 8.07. The Bertz CT molecular complexity index is 611. The molecule has 0 aromatic heterocycles. The number of hydrogen-bond donors (Lipinski definition) is 0. The van der Waals surface area contributed by atoms with E-state index in [1.54, 1.807) is 18.2 Å². The molecule has 1 aromatic carbocycles. The van der Waals surface area contributed by atoms with Gasteiger partial charge in [-0.05, 0) is 69.5 Å². The lowest BCUT2D eigenvalue weighted by atomic mass is 9.86. The third-order valence-electron chi connectivity index (χ3n) is 4.86. The van der Waals surface area contributed by atoms with Crippen molar-refractivity contribution in [3.8, 4) is 0 Å². The molecule has 0 atom stereocenters. The van der Waals surface area contributed by atoms with Crippen LogP contribution < -0.4 is 0 Å². The Balaban J connectivity index is 0.00000338. The molecule has 0 bridgehead atoms. The first kappa shape index (κ1) is 23.3. The van der Waals surface area contributed by atoms with E-state index >= 15 is 0 Å². The first-order valence-corrected chi connectivity index (χ1v) is 9.71. The SMILES string of the molecule is CN(C)CCN(C(=O)C=Cc1ccc(Cl)c(Cl)c1)[C@H]1CC[C@H](C)CC1.Cl. The lowest BCUT2D eigenvalue weighted by molar-refractivity contribution is -0.129. The minimum Gasteiger partial charge on any atom is -0.335 e. The predicted molar refractivity (Wildman–Crippen MR) is 114 cm³/mol. The van der Waals surface area contributed by atoms with Crippen LogP contribution in [0.3, 0.4) is 0 Å². The van der Waals surface area contributed by atoms with E-state index in [0.29, 0.717) is 16.1 Å². The number of carbonyl (C=O) groups excluding carboxylic acids is 1. The van der Waals surface area contributed by atoms with Gasteiger partial charge in [-0.25, -0.2) is 0 Å². The molecule has 1 fully saturated rings. The standard InChI is InChI=1S/C20H28Cl2N2O.ClH/c1-15-4-8-17(9-5-15)24(13-12-23(2)3)20(25)11-7-16-6-10-18(21)19(22)14-16;/h6-7,10-11,14-15,17H,4-5,8-9,12-13H2,1-3H3;1H/t15-,17-;. The number of nitrogens with zero attached hydrogens (tertiary/aromatic N) is 2. The Morgan fingerprint density at radius 3 is 2.35 bits per heavy atom. The van der Waals surface area contributed by atoms with Gasteiger partial charge in [-0.1, -0.05) is 36.2 Å². The van der Waals surface area contributed by atoms with Crippen molar-refractivity contribution >= 4 is 47.6 Å². The summed E-state index contributed by atoms with van der Waals surface area (Å²) in [4.78, 5) is 17.0. The molecule has 1 aliphatic rings. The van der Waals surface area contributed by atoms with E-state index in [0.717, 1.165) is 37.4 Å². The van der Waals surface area contributed by atoms with E-state index in [1.165, 1.54) is 12.8 Å². The van der Waals surface area contributed by atoms with Gasteiger partial charge in [-0.15, -0.1) is 12.4 Å². The Hall–Kier alpha value is -0.740. The molecule has 1 aliphatic carbocycles. The van der Waals surface area contributed by atoms with Crippen molar-refractivity contribution in [2.45, 2.75) is 38.6 Å². The molecule has 1 aromatic rings. The van der Waals surface area contributed by atoms with Crippen molar-refractivity contribution in [1.29, 1.82) is 0 Å². The van der Waals surface area contributed by atoms with E-state index in [4.69, 9.17) is 23.2 Å². The summed E-state index contributed by atoms with van der Waals surface area (Å²) in [5.74, 6) is 0.848. The molecular weight excluding hydrogens is 391 g/mol. The first-order valence-electron chi connectivity index (χ1n) is 8.95. The Morgan fingerprint density at radius 2 is 1.77 bits per heavy atom. The zero-order chi connectivity index (χ0) is 18.4. The van der Waals surface area contributed by atoms with E-state index in [9.17, 15) is 4.79 Å². The largest absolute Gasteiger partial charge is 0.335 e. The number of benzene rings is 1. The number of amides is 1. The Kier molecular flexibility index (Phi) is 10.0. The first-order chi connectivity index (χ1) is 11.9. The average molecular weight is 420 g/mol. The molecule has 26 heavy (non-hydrogen) atoms. The summed E-state index contributed by atoms with van der Waals surface area (Å²) in [6.07, 6.45) is 8.08. The van der Waals surface area contributed by atoms with Crippen LogP contribution in [0.2, 0.25) is 10.0 Å². The fourth-order valence-electron chi connectivity index (χ4n) is 3.21. The quantitative estimate of drug-likeness (QED) is 0.576. The summed E-state index contributed by atoms with van der Waals surface area (Å²) in [5.41, 5.74) is 0.882. The smallest absolute Gasteiger partial charge is 0.246 e. The van der Waals surface area contributed by atoms with Crippen LogP contribution in [-0.4, -0.2) is 48.9 Å². The van der Waals surface area contributed by atoms with Gasteiger partial charge in [0.15, 0.2) is 0 Å². The minimum atomic E-state index is 0. The predicted octanol–water partition coefficient (Wildman–Crippen LogP) is 5.40. The topological polar surface area (TPSA) is 23.6 Å². The summed E-state index contributed by atoms with van der Waals surface area (Å²) >= 11 is 12.0. The van der Waals surface area contributed by atoms with Crippen LogP contribution in [0.15, 0.2) is 24.3 Å². The maximum absolute atomic E-state index is 12.8. The van der Waals surface area contributed by atoms with Gasteiger partial charge >= 0.3 is 0 Å².